The molecule has 0 bridgehead atoms. The largest absolute Gasteiger partial charge is 0.310 e. The molecule has 0 radical (unpaired) electrons. The maximum absolute atomic E-state index is 2.57. The first-order valence-electron chi connectivity index (χ1n) is 21.4. The smallest absolute Gasteiger partial charge is 0.0746 e. The second-order valence-corrected chi connectivity index (χ2v) is 17.4. The second kappa shape index (κ2) is 13.7. The number of fused-ring (bicyclic) bond motifs is 15. The van der Waals surface area contributed by atoms with Crippen LogP contribution in [0.2, 0.25) is 0 Å². The molecule has 1 spiro atoms. The summed E-state index contributed by atoms with van der Waals surface area (Å²) in [4.78, 5) is 4.95. The topological polar surface area (TPSA) is 6.48 Å². The zero-order valence-electron chi connectivity index (χ0n) is 33.7. The van der Waals surface area contributed by atoms with Gasteiger partial charge in [0.1, 0.15) is 0 Å². The standard InChI is InChI=1S/C59H38N2S/c1-4-20-40(21-5-1)60(41-22-6-2-7-23-41)43-35-36-52-49(38-43)45-27-12-15-31-50(45)59(52)51-32-16-13-29-48(51)56-44-26-11-10-19-39(44)37-54(57(56)59)61(42-24-8-3-9-25-42)53-33-18-30-47-46-28-14-17-34-55(46)62-58(47)53/h1-38H. The van der Waals surface area contributed by atoms with Crippen molar-refractivity contribution in [3.8, 4) is 22.3 Å². The molecule has 0 saturated heterocycles. The summed E-state index contributed by atoms with van der Waals surface area (Å²) in [6, 6.07) is 85.3. The van der Waals surface area contributed by atoms with Crippen molar-refractivity contribution in [2.24, 2.45) is 0 Å². The molecule has 2 nitrogen and oxygen atoms in total. The van der Waals surface area contributed by atoms with Crippen LogP contribution in [-0.4, -0.2) is 0 Å². The van der Waals surface area contributed by atoms with Crippen LogP contribution in [0.15, 0.2) is 231 Å². The van der Waals surface area contributed by atoms with Crippen molar-refractivity contribution < 1.29 is 0 Å². The van der Waals surface area contributed by atoms with Crippen molar-refractivity contribution in [3.63, 3.8) is 0 Å². The van der Waals surface area contributed by atoms with Crippen molar-refractivity contribution in [1.82, 2.24) is 0 Å². The van der Waals surface area contributed by atoms with Gasteiger partial charge < -0.3 is 9.80 Å². The fraction of sp³-hybridized carbons (Fsp3) is 0.0169. The van der Waals surface area contributed by atoms with Crippen molar-refractivity contribution in [1.29, 1.82) is 0 Å². The van der Waals surface area contributed by atoms with Crippen LogP contribution in [0.25, 0.3) is 53.2 Å². The van der Waals surface area contributed by atoms with Gasteiger partial charge in [-0.1, -0.05) is 164 Å². The third-order valence-electron chi connectivity index (χ3n) is 13.2. The lowest BCUT2D eigenvalue weighted by molar-refractivity contribution is 0.793. The van der Waals surface area contributed by atoms with E-state index in [-0.39, 0.29) is 0 Å². The van der Waals surface area contributed by atoms with E-state index in [0.29, 0.717) is 0 Å². The summed E-state index contributed by atoms with van der Waals surface area (Å²) in [5.41, 5.74) is 16.6. The Morgan fingerprint density at radius 3 is 1.61 bits per heavy atom. The minimum absolute atomic E-state index is 0.610. The lowest BCUT2D eigenvalue weighted by atomic mass is 9.69. The zero-order valence-corrected chi connectivity index (χ0v) is 34.6. The van der Waals surface area contributed by atoms with Crippen LogP contribution in [0.1, 0.15) is 22.3 Å². The maximum Gasteiger partial charge on any atom is 0.0746 e. The Morgan fingerprint density at radius 1 is 0.339 bits per heavy atom. The summed E-state index contributed by atoms with van der Waals surface area (Å²) in [6.45, 7) is 0. The Bertz CT molecular complexity index is 3500. The van der Waals surface area contributed by atoms with Gasteiger partial charge in [-0.3, -0.25) is 0 Å². The third kappa shape index (κ3) is 4.91. The highest BCUT2D eigenvalue weighted by molar-refractivity contribution is 7.26. The lowest BCUT2D eigenvalue weighted by Crippen LogP contribution is -2.28. The molecule has 10 aromatic carbocycles. The monoisotopic (exact) mass is 806 g/mol. The molecule has 1 unspecified atom stereocenters. The van der Waals surface area contributed by atoms with E-state index in [0.717, 1.165) is 22.7 Å². The van der Waals surface area contributed by atoms with Gasteiger partial charge in [-0.05, 0) is 116 Å². The predicted octanol–water partition coefficient (Wildman–Crippen LogP) is 16.5. The van der Waals surface area contributed by atoms with Crippen molar-refractivity contribution in [2.75, 3.05) is 9.80 Å². The summed E-state index contributed by atoms with van der Waals surface area (Å²) >= 11 is 1.89. The average Bonchev–Trinajstić information content (AvgIpc) is 3.98. The summed E-state index contributed by atoms with van der Waals surface area (Å²) < 4.78 is 2.58. The molecule has 0 saturated carbocycles. The molecule has 11 aromatic rings. The van der Waals surface area contributed by atoms with E-state index < -0.39 is 5.41 Å². The quantitative estimate of drug-likeness (QED) is 0.165. The van der Waals surface area contributed by atoms with E-state index in [9.17, 15) is 0 Å². The van der Waals surface area contributed by atoms with Gasteiger partial charge >= 0.3 is 0 Å². The van der Waals surface area contributed by atoms with Crippen molar-refractivity contribution in [3.05, 3.63) is 253 Å². The number of benzene rings is 10. The van der Waals surface area contributed by atoms with Crippen LogP contribution < -0.4 is 9.80 Å². The fourth-order valence-corrected chi connectivity index (χ4v) is 12.0. The van der Waals surface area contributed by atoms with Gasteiger partial charge in [0.15, 0.2) is 0 Å². The second-order valence-electron chi connectivity index (χ2n) is 16.4. The SMILES string of the molecule is c1ccc(N(c2ccccc2)c2ccc3c(c2)-c2ccccc2C32c3ccccc3-c3c2c(N(c2ccccc2)c2cccc4c2sc2ccccc24)cc2ccccc32)cc1. The van der Waals surface area contributed by atoms with E-state index in [4.69, 9.17) is 0 Å². The molecule has 2 aliphatic rings. The van der Waals surface area contributed by atoms with Gasteiger partial charge in [0.05, 0.1) is 21.5 Å². The first-order chi connectivity index (χ1) is 30.8. The van der Waals surface area contributed by atoms with Gasteiger partial charge in [-0.2, -0.15) is 0 Å². The molecule has 0 fully saturated rings. The molecule has 1 atom stereocenters. The molecule has 13 rings (SSSR count). The van der Waals surface area contributed by atoms with Crippen molar-refractivity contribution in [2.45, 2.75) is 5.41 Å². The summed E-state index contributed by atoms with van der Waals surface area (Å²) in [5.74, 6) is 0. The molecular weight excluding hydrogens is 769 g/mol. The van der Waals surface area contributed by atoms with Crippen LogP contribution in [0.4, 0.5) is 34.1 Å². The number of para-hydroxylation sites is 3. The highest BCUT2D eigenvalue weighted by Gasteiger charge is 2.54. The summed E-state index contributed by atoms with van der Waals surface area (Å²) in [7, 11) is 0. The third-order valence-corrected chi connectivity index (χ3v) is 14.4. The highest BCUT2D eigenvalue weighted by atomic mass is 32.1. The van der Waals surface area contributed by atoms with E-state index in [1.54, 1.807) is 0 Å². The molecule has 0 amide bonds. The fourth-order valence-electron chi connectivity index (χ4n) is 10.8. The van der Waals surface area contributed by atoms with E-state index >= 15 is 0 Å². The van der Waals surface area contributed by atoms with E-state index in [1.165, 1.54) is 86.8 Å². The van der Waals surface area contributed by atoms with E-state index in [2.05, 4.69) is 240 Å². The van der Waals surface area contributed by atoms with Gasteiger partial charge in [0.25, 0.3) is 0 Å². The van der Waals surface area contributed by atoms with Gasteiger partial charge in [0, 0.05) is 43.8 Å². The molecular formula is C59H38N2S. The number of hydrogen-bond donors (Lipinski definition) is 0. The lowest BCUT2D eigenvalue weighted by Gasteiger charge is -2.36. The Hall–Kier alpha value is -7.72. The van der Waals surface area contributed by atoms with Gasteiger partial charge in [-0.25, -0.2) is 0 Å². The number of thiophene rings is 1. The first-order valence-corrected chi connectivity index (χ1v) is 22.2. The number of nitrogens with zero attached hydrogens (tertiary/aromatic N) is 2. The summed E-state index contributed by atoms with van der Waals surface area (Å²) in [5, 5.41) is 5.07. The molecule has 0 aliphatic heterocycles. The predicted molar refractivity (Wildman–Crippen MR) is 263 cm³/mol. The first kappa shape index (κ1) is 35.1. The molecule has 1 heterocycles. The molecule has 2 aliphatic carbocycles. The number of anilines is 6. The number of rotatable bonds is 6. The number of hydrogen-bond acceptors (Lipinski definition) is 3. The van der Waals surface area contributed by atoms with Gasteiger partial charge in [0.2, 0.25) is 0 Å². The minimum Gasteiger partial charge on any atom is -0.310 e. The minimum atomic E-state index is -0.610. The van der Waals surface area contributed by atoms with Crippen molar-refractivity contribution >= 4 is 76.4 Å². The van der Waals surface area contributed by atoms with Crippen LogP contribution in [-0.2, 0) is 5.41 Å². The Labute approximate surface area is 364 Å². The Balaban J connectivity index is 1.16. The molecule has 1 aromatic heterocycles. The zero-order chi connectivity index (χ0) is 40.8. The van der Waals surface area contributed by atoms with E-state index in [1.807, 2.05) is 11.3 Å². The molecule has 62 heavy (non-hydrogen) atoms. The average molecular weight is 807 g/mol. The van der Waals surface area contributed by atoms with Crippen LogP contribution in [0.5, 0.6) is 0 Å². The van der Waals surface area contributed by atoms with Crippen LogP contribution in [0, 0.1) is 0 Å². The van der Waals surface area contributed by atoms with Crippen LogP contribution in [0.3, 0.4) is 0 Å². The molecule has 290 valence electrons. The Morgan fingerprint density at radius 2 is 0.887 bits per heavy atom. The molecule has 0 N–H and O–H groups in total. The maximum atomic E-state index is 2.57. The highest BCUT2D eigenvalue weighted by Crippen LogP contribution is 2.67. The molecule has 3 heteroatoms. The Kier molecular flexibility index (Phi) is 7.72. The van der Waals surface area contributed by atoms with Crippen LogP contribution >= 0.6 is 11.3 Å². The summed E-state index contributed by atoms with van der Waals surface area (Å²) in [6.07, 6.45) is 0. The van der Waals surface area contributed by atoms with Gasteiger partial charge in [-0.15, -0.1) is 11.3 Å². The normalized spacial score (nSPS) is 14.5.